The maximum atomic E-state index is 10.9. The molecule has 1 heterocycles. The molecule has 0 amide bonds. The molecule has 0 aliphatic heterocycles. The van der Waals surface area contributed by atoms with Crippen molar-refractivity contribution in [2.24, 2.45) is 5.92 Å². The molecular formula is C13H19NO3. The van der Waals surface area contributed by atoms with Crippen LogP contribution in [0.25, 0.3) is 0 Å². The number of hydrogen-bond donors (Lipinski definition) is 1. The largest absolute Gasteiger partial charge is 0.492 e. The lowest BCUT2D eigenvalue weighted by atomic mass is 9.90. The van der Waals surface area contributed by atoms with Crippen LogP contribution in [0.15, 0.2) is 18.5 Å². The number of aliphatic carboxylic acids is 1. The Hall–Kier alpha value is -1.58. The molecule has 0 fully saturated rings. The van der Waals surface area contributed by atoms with E-state index in [-0.39, 0.29) is 5.92 Å². The predicted molar refractivity (Wildman–Crippen MR) is 65.2 cm³/mol. The lowest BCUT2D eigenvalue weighted by Gasteiger charge is -2.16. The van der Waals surface area contributed by atoms with Gasteiger partial charge in [-0.05, 0) is 24.0 Å². The first-order chi connectivity index (χ1) is 8.06. The fourth-order valence-corrected chi connectivity index (χ4v) is 1.49. The predicted octanol–water partition coefficient (Wildman–Crippen LogP) is 2.69. The molecule has 17 heavy (non-hydrogen) atoms. The SMILES string of the molecule is CCCOc1cncc(C(C)C(C)C(=O)O)c1. The second-order valence-corrected chi connectivity index (χ2v) is 4.22. The number of pyridine rings is 1. The van der Waals surface area contributed by atoms with Crippen LogP contribution in [-0.4, -0.2) is 22.7 Å². The van der Waals surface area contributed by atoms with Gasteiger partial charge in [0.25, 0.3) is 0 Å². The van der Waals surface area contributed by atoms with Gasteiger partial charge in [0.2, 0.25) is 0 Å². The molecule has 2 unspecified atom stereocenters. The molecule has 0 bridgehead atoms. The highest BCUT2D eigenvalue weighted by atomic mass is 16.5. The van der Waals surface area contributed by atoms with Gasteiger partial charge in [-0.25, -0.2) is 0 Å². The normalized spacial score (nSPS) is 14.1. The smallest absolute Gasteiger partial charge is 0.306 e. The van der Waals surface area contributed by atoms with Gasteiger partial charge < -0.3 is 9.84 Å². The second-order valence-electron chi connectivity index (χ2n) is 4.22. The highest BCUT2D eigenvalue weighted by Crippen LogP contribution is 2.26. The van der Waals surface area contributed by atoms with Gasteiger partial charge in [-0.15, -0.1) is 0 Å². The fraction of sp³-hybridized carbons (Fsp3) is 0.538. The van der Waals surface area contributed by atoms with Crippen molar-refractivity contribution in [1.29, 1.82) is 0 Å². The van der Waals surface area contributed by atoms with E-state index in [0.717, 1.165) is 12.0 Å². The topological polar surface area (TPSA) is 59.4 Å². The van der Waals surface area contributed by atoms with E-state index >= 15 is 0 Å². The Kier molecular flexibility index (Phi) is 4.94. The van der Waals surface area contributed by atoms with Crippen molar-refractivity contribution < 1.29 is 14.6 Å². The van der Waals surface area contributed by atoms with Gasteiger partial charge in [-0.2, -0.15) is 0 Å². The first-order valence-corrected chi connectivity index (χ1v) is 5.86. The highest BCUT2D eigenvalue weighted by molar-refractivity contribution is 5.70. The van der Waals surface area contributed by atoms with Crippen LogP contribution < -0.4 is 4.74 Å². The molecule has 94 valence electrons. The molecule has 0 spiro atoms. The number of hydrogen-bond acceptors (Lipinski definition) is 3. The van der Waals surface area contributed by atoms with Gasteiger partial charge in [0.15, 0.2) is 0 Å². The fourth-order valence-electron chi connectivity index (χ4n) is 1.49. The van der Waals surface area contributed by atoms with Crippen LogP contribution in [-0.2, 0) is 4.79 Å². The third-order valence-electron chi connectivity index (χ3n) is 2.87. The minimum atomic E-state index is -0.794. The average Bonchev–Trinajstić information content (AvgIpc) is 2.34. The van der Waals surface area contributed by atoms with Gasteiger partial charge in [-0.1, -0.05) is 20.8 Å². The molecule has 4 nitrogen and oxygen atoms in total. The number of aromatic nitrogens is 1. The second kappa shape index (κ2) is 6.23. The Morgan fingerprint density at radius 2 is 2.18 bits per heavy atom. The van der Waals surface area contributed by atoms with Gasteiger partial charge in [0.1, 0.15) is 5.75 Å². The summed E-state index contributed by atoms with van der Waals surface area (Å²) < 4.78 is 5.48. The van der Waals surface area contributed by atoms with Crippen molar-refractivity contribution in [3.63, 3.8) is 0 Å². The maximum absolute atomic E-state index is 10.9. The lowest BCUT2D eigenvalue weighted by Crippen LogP contribution is -2.16. The highest BCUT2D eigenvalue weighted by Gasteiger charge is 2.21. The quantitative estimate of drug-likeness (QED) is 0.826. The summed E-state index contributed by atoms with van der Waals surface area (Å²) in [5, 5.41) is 8.97. The summed E-state index contributed by atoms with van der Waals surface area (Å²) >= 11 is 0. The van der Waals surface area contributed by atoms with E-state index in [1.165, 1.54) is 0 Å². The lowest BCUT2D eigenvalue weighted by molar-refractivity contribution is -0.141. The van der Waals surface area contributed by atoms with E-state index in [9.17, 15) is 4.79 Å². The Morgan fingerprint density at radius 3 is 2.76 bits per heavy atom. The van der Waals surface area contributed by atoms with Gasteiger partial charge in [0.05, 0.1) is 18.7 Å². The van der Waals surface area contributed by atoms with Crippen LogP contribution in [0.1, 0.15) is 38.7 Å². The number of carbonyl (C=O) groups is 1. The molecule has 4 heteroatoms. The average molecular weight is 237 g/mol. The van der Waals surface area contributed by atoms with E-state index in [0.29, 0.717) is 12.4 Å². The molecule has 1 aromatic rings. The monoisotopic (exact) mass is 237 g/mol. The van der Waals surface area contributed by atoms with Crippen LogP contribution in [0, 0.1) is 5.92 Å². The maximum Gasteiger partial charge on any atom is 0.306 e. The van der Waals surface area contributed by atoms with Crippen molar-refractivity contribution in [2.45, 2.75) is 33.1 Å². The summed E-state index contributed by atoms with van der Waals surface area (Å²) in [6.07, 6.45) is 4.28. The Morgan fingerprint density at radius 1 is 1.47 bits per heavy atom. The Labute approximate surface area is 102 Å². The molecule has 1 rings (SSSR count). The van der Waals surface area contributed by atoms with Crippen molar-refractivity contribution in [1.82, 2.24) is 4.98 Å². The summed E-state index contributed by atoms with van der Waals surface area (Å²) in [4.78, 5) is 15.0. The van der Waals surface area contributed by atoms with Crippen molar-refractivity contribution in [2.75, 3.05) is 6.61 Å². The van der Waals surface area contributed by atoms with Gasteiger partial charge in [-0.3, -0.25) is 9.78 Å². The zero-order valence-corrected chi connectivity index (χ0v) is 10.5. The number of carboxylic acids is 1. The number of rotatable bonds is 6. The van der Waals surface area contributed by atoms with Crippen LogP contribution >= 0.6 is 0 Å². The van der Waals surface area contributed by atoms with Gasteiger partial charge in [0, 0.05) is 6.20 Å². The van der Waals surface area contributed by atoms with E-state index in [1.54, 1.807) is 19.3 Å². The molecular weight excluding hydrogens is 218 g/mol. The summed E-state index contributed by atoms with van der Waals surface area (Å²) in [5.74, 6) is -0.602. The van der Waals surface area contributed by atoms with Crippen molar-refractivity contribution in [3.05, 3.63) is 24.0 Å². The molecule has 0 aliphatic rings. The molecule has 1 aromatic heterocycles. The van der Waals surface area contributed by atoms with Crippen LogP contribution in [0.5, 0.6) is 5.75 Å². The summed E-state index contributed by atoms with van der Waals surface area (Å²) in [7, 11) is 0. The molecule has 2 atom stereocenters. The Balaban J connectivity index is 2.80. The third kappa shape index (κ3) is 3.73. The third-order valence-corrected chi connectivity index (χ3v) is 2.87. The summed E-state index contributed by atoms with van der Waals surface area (Å²) in [5.41, 5.74) is 0.897. The molecule has 0 saturated carbocycles. The zero-order valence-electron chi connectivity index (χ0n) is 10.5. The summed E-state index contributed by atoms with van der Waals surface area (Å²) in [6, 6.07) is 1.87. The van der Waals surface area contributed by atoms with Crippen LogP contribution in [0.3, 0.4) is 0 Å². The molecule has 1 N–H and O–H groups in total. The minimum absolute atomic E-state index is 0.0785. The van der Waals surface area contributed by atoms with Crippen molar-refractivity contribution >= 4 is 5.97 Å². The van der Waals surface area contributed by atoms with Gasteiger partial charge >= 0.3 is 5.97 Å². The zero-order chi connectivity index (χ0) is 12.8. The molecule has 0 radical (unpaired) electrons. The van der Waals surface area contributed by atoms with E-state index in [2.05, 4.69) is 4.98 Å². The van der Waals surface area contributed by atoms with E-state index < -0.39 is 11.9 Å². The first kappa shape index (κ1) is 13.5. The molecule has 0 aliphatic carbocycles. The van der Waals surface area contributed by atoms with Crippen molar-refractivity contribution in [3.8, 4) is 5.75 Å². The minimum Gasteiger partial charge on any atom is -0.492 e. The number of carboxylic acid groups (broad SMARTS) is 1. The molecule has 0 aromatic carbocycles. The standard InChI is InChI=1S/C13H19NO3/c1-4-5-17-12-6-11(7-14-8-12)9(2)10(3)13(15)16/h6-10H,4-5H2,1-3H3,(H,15,16). The van der Waals surface area contributed by atoms with Crippen LogP contribution in [0.4, 0.5) is 0 Å². The van der Waals surface area contributed by atoms with Crippen LogP contribution in [0.2, 0.25) is 0 Å². The van der Waals surface area contributed by atoms with E-state index in [4.69, 9.17) is 9.84 Å². The first-order valence-electron chi connectivity index (χ1n) is 5.86. The van der Waals surface area contributed by atoms with E-state index in [1.807, 2.05) is 19.9 Å². The summed E-state index contributed by atoms with van der Waals surface area (Å²) in [6.45, 7) is 6.27. The number of ether oxygens (including phenoxy) is 1. The molecule has 0 saturated heterocycles. The number of nitrogens with zero attached hydrogens (tertiary/aromatic N) is 1. The Bertz CT molecular complexity index is 379.